The van der Waals surface area contributed by atoms with Crippen molar-refractivity contribution in [3.8, 4) is 0 Å². The smallest absolute Gasteiger partial charge is 0.246 e. The molecule has 2 rings (SSSR count). The number of H-pyrrole nitrogens is 1. The maximum absolute atomic E-state index is 5.61. The number of rotatable bonds is 2. The van der Waals surface area contributed by atoms with Gasteiger partial charge in [0.1, 0.15) is 0 Å². The minimum absolute atomic E-state index is 0.378. The fourth-order valence-electron chi connectivity index (χ4n) is 1.04. The number of aromatic amines is 1. The molecule has 1 aromatic heterocycles. The molecule has 4 N–H and O–H groups in total. The van der Waals surface area contributed by atoms with Crippen molar-refractivity contribution in [3.63, 3.8) is 0 Å². The second-order valence-electron chi connectivity index (χ2n) is 2.71. The van der Waals surface area contributed by atoms with Crippen molar-refractivity contribution in [2.75, 3.05) is 11.2 Å². The third-order valence-corrected chi connectivity index (χ3v) is 2.02. The molecule has 0 fully saturated rings. The molecule has 0 saturated carbocycles. The first-order chi connectivity index (χ1) is 6.77. The largest absolute Gasteiger partial charge is 0.334 e. The Morgan fingerprint density at radius 2 is 2.07 bits per heavy atom. The van der Waals surface area contributed by atoms with E-state index in [1.807, 2.05) is 30.3 Å². The molecule has 1 aromatic carbocycles. The fraction of sp³-hybridized carbons (Fsp3) is 0. The second kappa shape index (κ2) is 3.51. The zero-order valence-electron chi connectivity index (χ0n) is 7.27. The Morgan fingerprint density at radius 3 is 2.64 bits per heavy atom. The van der Waals surface area contributed by atoms with Crippen LogP contribution in [0.4, 0.5) is 11.6 Å². The summed E-state index contributed by atoms with van der Waals surface area (Å²) >= 11 is 4.87. The van der Waals surface area contributed by atoms with Gasteiger partial charge in [-0.15, -0.1) is 5.10 Å². The molecule has 14 heavy (non-hydrogen) atoms. The van der Waals surface area contributed by atoms with E-state index in [4.69, 9.17) is 18.1 Å². The Balaban J connectivity index is 2.28. The van der Waals surface area contributed by atoms with Gasteiger partial charge in [-0.05, 0) is 24.4 Å². The average molecular weight is 207 g/mol. The summed E-state index contributed by atoms with van der Waals surface area (Å²) in [5.41, 5.74) is 0.910. The van der Waals surface area contributed by atoms with E-state index < -0.39 is 0 Å². The van der Waals surface area contributed by atoms with Gasteiger partial charge in [0.05, 0.1) is 0 Å². The standard InChI is InChI=1S/C8H9N5S/c9-13-7(11-12-8(13)14)10-6-4-2-1-3-5-6/h1-5H,9H2,(H,10,11)(H,12,14). The highest BCUT2D eigenvalue weighted by molar-refractivity contribution is 7.71. The summed E-state index contributed by atoms with van der Waals surface area (Å²) in [5.74, 6) is 6.09. The molecule has 0 spiro atoms. The lowest BCUT2D eigenvalue weighted by Crippen LogP contribution is -2.11. The van der Waals surface area contributed by atoms with Crippen LogP contribution in [0.25, 0.3) is 0 Å². The number of para-hydroxylation sites is 1. The van der Waals surface area contributed by atoms with E-state index in [0.29, 0.717) is 10.7 Å². The molecule has 0 bridgehead atoms. The van der Waals surface area contributed by atoms with Crippen LogP contribution >= 0.6 is 12.2 Å². The third-order valence-electron chi connectivity index (χ3n) is 1.73. The van der Waals surface area contributed by atoms with Crippen molar-refractivity contribution < 1.29 is 0 Å². The van der Waals surface area contributed by atoms with Gasteiger partial charge in [0.15, 0.2) is 0 Å². The lowest BCUT2D eigenvalue weighted by atomic mass is 10.3. The van der Waals surface area contributed by atoms with Crippen LogP contribution < -0.4 is 11.2 Å². The lowest BCUT2D eigenvalue weighted by Gasteiger charge is -2.03. The van der Waals surface area contributed by atoms with Gasteiger partial charge in [0.25, 0.3) is 0 Å². The number of anilines is 2. The monoisotopic (exact) mass is 207 g/mol. The number of nitrogens with zero attached hydrogens (tertiary/aromatic N) is 2. The number of aromatic nitrogens is 3. The van der Waals surface area contributed by atoms with Gasteiger partial charge >= 0.3 is 0 Å². The number of benzene rings is 1. The van der Waals surface area contributed by atoms with Gasteiger partial charge in [0.2, 0.25) is 10.7 Å². The number of nitrogens with one attached hydrogen (secondary N) is 2. The summed E-state index contributed by atoms with van der Waals surface area (Å²) in [4.78, 5) is 0. The van der Waals surface area contributed by atoms with Crippen LogP contribution in [0, 0.1) is 4.77 Å². The molecule has 0 aliphatic heterocycles. The molecule has 0 radical (unpaired) electrons. The third kappa shape index (κ3) is 1.60. The van der Waals surface area contributed by atoms with Crippen molar-refractivity contribution in [3.05, 3.63) is 35.1 Å². The van der Waals surface area contributed by atoms with Crippen LogP contribution in [0.1, 0.15) is 0 Å². The van der Waals surface area contributed by atoms with E-state index >= 15 is 0 Å². The van der Waals surface area contributed by atoms with Crippen molar-refractivity contribution >= 4 is 23.9 Å². The zero-order valence-corrected chi connectivity index (χ0v) is 8.08. The Kier molecular flexibility index (Phi) is 2.19. The van der Waals surface area contributed by atoms with Gasteiger partial charge in [-0.3, -0.25) is 0 Å². The van der Waals surface area contributed by atoms with Gasteiger partial charge in [0, 0.05) is 5.69 Å². The van der Waals surface area contributed by atoms with E-state index in [1.54, 1.807) is 0 Å². The Hall–Kier alpha value is -1.82. The first kappa shape index (κ1) is 8.76. The number of hydrogen-bond donors (Lipinski definition) is 3. The minimum atomic E-state index is 0.378. The highest BCUT2D eigenvalue weighted by Gasteiger charge is 2.01. The highest BCUT2D eigenvalue weighted by atomic mass is 32.1. The first-order valence-corrected chi connectivity index (χ1v) is 4.43. The van der Waals surface area contributed by atoms with E-state index in [1.165, 1.54) is 4.68 Å². The Labute approximate surface area is 85.5 Å². The van der Waals surface area contributed by atoms with Crippen LogP contribution in [0.5, 0.6) is 0 Å². The first-order valence-electron chi connectivity index (χ1n) is 4.02. The molecule has 6 heteroatoms. The maximum atomic E-state index is 5.61. The lowest BCUT2D eigenvalue weighted by molar-refractivity contribution is 0.983. The molecule has 1 heterocycles. The fourth-order valence-corrected chi connectivity index (χ4v) is 1.18. The van der Waals surface area contributed by atoms with E-state index in [0.717, 1.165) is 5.69 Å². The summed E-state index contributed by atoms with van der Waals surface area (Å²) in [5, 5.41) is 9.53. The summed E-state index contributed by atoms with van der Waals surface area (Å²) in [6.45, 7) is 0. The predicted octanol–water partition coefficient (Wildman–Crippen LogP) is 1.40. The molecule has 0 aliphatic carbocycles. The molecular formula is C8H9N5S. The molecule has 72 valence electrons. The van der Waals surface area contributed by atoms with Crippen molar-refractivity contribution in [1.82, 2.24) is 14.9 Å². The average Bonchev–Trinajstić information content (AvgIpc) is 2.52. The topological polar surface area (TPSA) is 71.7 Å². The quantitative estimate of drug-likeness (QED) is 0.514. The minimum Gasteiger partial charge on any atom is -0.334 e. The van der Waals surface area contributed by atoms with Crippen molar-refractivity contribution in [2.45, 2.75) is 0 Å². The second-order valence-corrected chi connectivity index (χ2v) is 3.10. The van der Waals surface area contributed by atoms with Crippen LogP contribution in [0.2, 0.25) is 0 Å². The van der Waals surface area contributed by atoms with Crippen LogP contribution in [0.15, 0.2) is 30.3 Å². The molecule has 2 aromatic rings. The van der Waals surface area contributed by atoms with Crippen molar-refractivity contribution in [1.29, 1.82) is 0 Å². The van der Waals surface area contributed by atoms with Gasteiger partial charge < -0.3 is 11.2 Å². The van der Waals surface area contributed by atoms with E-state index in [2.05, 4.69) is 15.5 Å². The Bertz CT molecular complexity index is 472. The molecule has 0 atom stereocenters. The number of nitrogen functional groups attached to an aromatic ring is 1. The number of hydrogen-bond acceptors (Lipinski definition) is 4. The summed E-state index contributed by atoms with van der Waals surface area (Å²) in [7, 11) is 0. The van der Waals surface area contributed by atoms with Crippen molar-refractivity contribution in [2.24, 2.45) is 0 Å². The molecule has 5 nitrogen and oxygen atoms in total. The van der Waals surface area contributed by atoms with E-state index in [-0.39, 0.29) is 0 Å². The zero-order chi connectivity index (χ0) is 9.97. The Morgan fingerprint density at radius 1 is 1.36 bits per heavy atom. The summed E-state index contributed by atoms with van der Waals surface area (Å²) < 4.78 is 1.66. The number of nitrogens with two attached hydrogens (primary N) is 1. The van der Waals surface area contributed by atoms with Gasteiger partial charge in [-0.1, -0.05) is 18.2 Å². The molecular weight excluding hydrogens is 198 g/mol. The molecule has 0 amide bonds. The predicted molar refractivity (Wildman–Crippen MR) is 57.3 cm³/mol. The highest BCUT2D eigenvalue weighted by Crippen LogP contribution is 2.11. The normalized spacial score (nSPS) is 10.0. The molecule has 0 unspecified atom stereocenters. The molecule has 0 saturated heterocycles. The van der Waals surface area contributed by atoms with Crippen LogP contribution in [0.3, 0.4) is 0 Å². The van der Waals surface area contributed by atoms with Crippen LogP contribution in [-0.2, 0) is 0 Å². The van der Waals surface area contributed by atoms with Gasteiger partial charge in [-0.2, -0.15) is 0 Å². The summed E-state index contributed by atoms with van der Waals surface area (Å²) in [6, 6.07) is 9.61. The van der Waals surface area contributed by atoms with E-state index in [9.17, 15) is 0 Å². The maximum Gasteiger partial charge on any atom is 0.246 e. The van der Waals surface area contributed by atoms with Gasteiger partial charge in [-0.25, -0.2) is 9.77 Å². The van der Waals surface area contributed by atoms with Crippen LogP contribution in [-0.4, -0.2) is 14.9 Å². The SMILES string of the molecule is Nn1c(Nc2ccccc2)n[nH]c1=S. The molecule has 0 aliphatic rings. The summed E-state index contributed by atoms with van der Waals surface area (Å²) in [6.07, 6.45) is 0.